The van der Waals surface area contributed by atoms with Crippen LogP contribution in [0.3, 0.4) is 0 Å². The van der Waals surface area contributed by atoms with Crippen LogP contribution in [0.4, 0.5) is 0 Å². The largest absolute Gasteiger partial charge is 0.379 e. The van der Waals surface area contributed by atoms with E-state index in [1.54, 1.807) is 0 Å². The molecule has 1 aromatic heterocycles. The molecule has 23 heavy (non-hydrogen) atoms. The fourth-order valence-corrected chi connectivity index (χ4v) is 3.22. The third-order valence-corrected chi connectivity index (χ3v) is 4.57. The molecular weight excluding hydrogens is 423 g/mol. The number of aliphatic imine (C=N–C) groups is 1. The highest BCUT2D eigenvalue weighted by Crippen LogP contribution is 2.15. The molecule has 0 radical (unpaired) electrons. The molecular formula is C16H29IN4OS. The van der Waals surface area contributed by atoms with Crippen LogP contribution in [0.25, 0.3) is 0 Å². The van der Waals surface area contributed by atoms with Gasteiger partial charge in [-0.05, 0) is 38.9 Å². The summed E-state index contributed by atoms with van der Waals surface area (Å²) in [5, 5.41) is 6.73. The first-order chi connectivity index (χ1) is 10.8. The van der Waals surface area contributed by atoms with Crippen LogP contribution in [0.15, 0.2) is 17.1 Å². The number of hydrogen-bond donors (Lipinski definition) is 2. The number of thiophene rings is 1. The molecule has 0 atom stereocenters. The van der Waals surface area contributed by atoms with Gasteiger partial charge in [0.05, 0.1) is 19.8 Å². The highest BCUT2D eigenvalue weighted by molar-refractivity contribution is 14.0. The third kappa shape index (κ3) is 8.32. The summed E-state index contributed by atoms with van der Waals surface area (Å²) < 4.78 is 5.37. The molecule has 0 bridgehead atoms. The van der Waals surface area contributed by atoms with Gasteiger partial charge in [-0.2, -0.15) is 0 Å². The maximum atomic E-state index is 5.37. The average molecular weight is 452 g/mol. The van der Waals surface area contributed by atoms with Crippen LogP contribution in [0.5, 0.6) is 0 Å². The van der Waals surface area contributed by atoms with Crippen molar-refractivity contribution >= 4 is 41.3 Å². The SMILES string of the molecule is CCNC(=NCc1ccc(C)s1)NCCCN1CCOCC1.I. The van der Waals surface area contributed by atoms with Crippen molar-refractivity contribution in [2.24, 2.45) is 4.99 Å². The number of morpholine rings is 1. The van der Waals surface area contributed by atoms with Gasteiger partial charge in [0.25, 0.3) is 0 Å². The number of aryl methyl sites for hydroxylation is 1. The van der Waals surface area contributed by atoms with Gasteiger partial charge in [-0.3, -0.25) is 4.90 Å². The van der Waals surface area contributed by atoms with Crippen molar-refractivity contribution in [3.8, 4) is 0 Å². The van der Waals surface area contributed by atoms with Gasteiger partial charge in [-0.15, -0.1) is 35.3 Å². The van der Waals surface area contributed by atoms with E-state index in [1.165, 1.54) is 9.75 Å². The second kappa shape index (κ2) is 12.0. The van der Waals surface area contributed by atoms with E-state index in [1.807, 2.05) is 11.3 Å². The minimum atomic E-state index is 0. The Kier molecular flexibility index (Phi) is 10.8. The molecule has 0 spiro atoms. The predicted octanol–water partition coefficient (Wildman–Crippen LogP) is 2.45. The average Bonchev–Trinajstić information content (AvgIpc) is 2.95. The minimum Gasteiger partial charge on any atom is -0.379 e. The second-order valence-corrected chi connectivity index (χ2v) is 6.81. The van der Waals surface area contributed by atoms with E-state index in [9.17, 15) is 0 Å². The van der Waals surface area contributed by atoms with Crippen LogP contribution in [0, 0.1) is 6.92 Å². The topological polar surface area (TPSA) is 48.9 Å². The van der Waals surface area contributed by atoms with Crippen molar-refractivity contribution in [2.75, 3.05) is 45.9 Å². The molecule has 0 unspecified atom stereocenters. The first-order valence-electron chi connectivity index (χ1n) is 8.15. The van der Waals surface area contributed by atoms with Gasteiger partial charge >= 0.3 is 0 Å². The Balaban J connectivity index is 0.00000264. The first kappa shape index (κ1) is 20.7. The molecule has 2 heterocycles. The second-order valence-electron chi connectivity index (χ2n) is 5.44. The zero-order valence-electron chi connectivity index (χ0n) is 14.1. The summed E-state index contributed by atoms with van der Waals surface area (Å²) in [7, 11) is 0. The van der Waals surface area contributed by atoms with Crippen LogP contribution < -0.4 is 10.6 Å². The lowest BCUT2D eigenvalue weighted by atomic mass is 10.3. The molecule has 132 valence electrons. The van der Waals surface area contributed by atoms with E-state index in [0.717, 1.165) is 64.9 Å². The van der Waals surface area contributed by atoms with Gasteiger partial charge in [0.2, 0.25) is 0 Å². The summed E-state index contributed by atoms with van der Waals surface area (Å²) in [5.41, 5.74) is 0. The molecule has 5 nitrogen and oxygen atoms in total. The Bertz CT molecular complexity index is 461. The van der Waals surface area contributed by atoms with Crippen LogP contribution in [-0.2, 0) is 11.3 Å². The molecule has 1 saturated heterocycles. The summed E-state index contributed by atoms with van der Waals surface area (Å²) in [5.74, 6) is 0.913. The van der Waals surface area contributed by atoms with Crippen molar-refractivity contribution < 1.29 is 4.74 Å². The molecule has 0 aliphatic carbocycles. The Morgan fingerprint density at radius 1 is 1.30 bits per heavy atom. The number of halogens is 1. The lowest BCUT2D eigenvalue weighted by Crippen LogP contribution is -2.40. The standard InChI is InChI=1S/C16H28N4OS.HI/c1-3-17-16(19-13-15-6-5-14(2)22-15)18-7-4-8-20-9-11-21-12-10-20;/h5-6H,3-4,7-13H2,1-2H3,(H2,17,18,19);1H. The summed E-state index contributed by atoms with van der Waals surface area (Å²) in [6.45, 7) is 11.8. The van der Waals surface area contributed by atoms with E-state index in [4.69, 9.17) is 4.74 Å². The third-order valence-electron chi connectivity index (χ3n) is 3.58. The molecule has 2 rings (SSSR count). The smallest absolute Gasteiger partial charge is 0.191 e. The summed E-state index contributed by atoms with van der Waals surface area (Å²) in [6.07, 6.45) is 1.13. The lowest BCUT2D eigenvalue weighted by molar-refractivity contribution is 0.0376. The van der Waals surface area contributed by atoms with Gasteiger partial charge in [-0.25, -0.2) is 4.99 Å². The highest BCUT2D eigenvalue weighted by atomic mass is 127. The molecule has 1 aliphatic heterocycles. The van der Waals surface area contributed by atoms with Gasteiger partial charge in [0.1, 0.15) is 0 Å². The van der Waals surface area contributed by atoms with Crippen LogP contribution in [0.2, 0.25) is 0 Å². The van der Waals surface area contributed by atoms with E-state index in [0.29, 0.717) is 0 Å². The maximum absolute atomic E-state index is 5.37. The monoisotopic (exact) mass is 452 g/mol. The summed E-state index contributed by atoms with van der Waals surface area (Å²) in [4.78, 5) is 9.76. The number of ether oxygens (including phenoxy) is 1. The van der Waals surface area contributed by atoms with Crippen molar-refractivity contribution in [3.05, 3.63) is 21.9 Å². The summed E-state index contributed by atoms with van der Waals surface area (Å²) in [6, 6.07) is 4.31. The number of hydrogen-bond acceptors (Lipinski definition) is 4. The maximum Gasteiger partial charge on any atom is 0.191 e. The molecule has 0 amide bonds. The zero-order chi connectivity index (χ0) is 15.6. The molecule has 1 aliphatic rings. The molecule has 1 fully saturated rings. The van der Waals surface area contributed by atoms with E-state index in [2.05, 4.69) is 46.5 Å². The first-order valence-corrected chi connectivity index (χ1v) is 8.97. The zero-order valence-corrected chi connectivity index (χ0v) is 17.3. The normalized spacial score (nSPS) is 16.0. The van der Waals surface area contributed by atoms with E-state index < -0.39 is 0 Å². The number of rotatable bonds is 7. The molecule has 0 saturated carbocycles. The van der Waals surface area contributed by atoms with Crippen LogP contribution >= 0.6 is 35.3 Å². The number of nitrogens with zero attached hydrogens (tertiary/aromatic N) is 2. The van der Waals surface area contributed by atoms with Gasteiger partial charge < -0.3 is 15.4 Å². The van der Waals surface area contributed by atoms with Gasteiger partial charge in [-0.1, -0.05) is 0 Å². The molecule has 7 heteroatoms. The Morgan fingerprint density at radius 3 is 2.74 bits per heavy atom. The highest BCUT2D eigenvalue weighted by Gasteiger charge is 2.09. The van der Waals surface area contributed by atoms with Crippen LogP contribution in [0.1, 0.15) is 23.1 Å². The van der Waals surface area contributed by atoms with Crippen molar-refractivity contribution in [2.45, 2.75) is 26.8 Å². The van der Waals surface area contributed by atoms with Crippen molar-refractivity contribution in [1.29, 1.82) is 0 Å². The Labute approximate surface area is 160 Å². The van der Waals surface area contributed by atoms with E-state index in [-0.39, 0.29) is 24.0 Å². The van der Waals surface area contributed by atoms with E-state index >= 15 is 0 Å². The molecule has 1 aromatic rings. The Hall–Kier alpha value is -0.380. The number of nitrogens with one attached hydrogen (secondary N) is 2. The molecule has 0 aromatic carbocycles. The van der Waals surface area contributed by atoms with Gasteiger partial charge in [0.15, 0.2) is 5.96 Å². The quantitative estimate of drug-likeness (QED) is 0.289. The lowest BCUT2D eigenvalue weighted by Gasteiger charge is -2.26. The fraction of sp³-hybridized carbons (Fsp3) is 0.688. The molecule has 2 N–H and O–H groups in total. The number of guanidine groups is 1. The van der Waals surface area contributed by atoms with Gasteiger partial charge in [0, 0.05) is 35.9 Å². The fourth-order valence-electron chi connectivity index (χ4n) is 2.40. The Morgan fingerprint density at radius 2 is 2.09 bits per heavy atom. The van der Waals surface area contributed by atoms with Crippen molar-refractivity contribution in [1.82, 2.24) is 15.5 Å². The van der Waals surface area contributed by atoms with Crippen LogP contribution in [-0.4, -0.2) is 56.8 Å². The minimum absolute atomic E-state index is 0. The summed E-state index contributed by atoms with van der Waals surface area (Å²) >= 11 is 1.81. The van der Waals surface area contributed by atoms with Crippen molar-refractivity contribution in [3.63, 3.8) is 0 Å². The predicted molar refractivity (Wildman–Crippen MR) is 109 cm³/mol.